The van der Waals surface area contributed by atoms with Crippen molar-refractivity contribution in [1.29, 1.82) is 0 Å². The lowest BCUT2D eigenvalue weighted by atomic mass is 10.2. The topological polar surface area (TPSA) is 35.0 Å². The predicted octanol–water partition coefficient (Wildman–Crippen LogP) is 6.65. The van der Waals surface area contributed by atoms with Crippen molar-refractivity contribution in [3.05, 3.63) is 95.0 Å². The predicted molar refractivity (Wildman–Crippen MR) is 111 cm³/mol. The molecule has 0 fully saturated rings. The van der Waals surface area contributed by atoms with Gasteiger partial charge >= 0.3 is 0 Å². The molecule has 0 unspecified atom stereocenters. The second kappa shape index (κ2) is 7.39. The van der Waals surface area contributed by atoms with Crippen LogP contribution >= 0.6 is 23.2 Å². The van der Waals surface area contributed by atoms with E-state index in [0.717, 1.165) is 16.5 Å². The Bertz CT molecular complexity index is 1140. The summed E-state index contributed by atoms with van der Waals surface area (Å²) in [6.07, 6.45) is 0. The summed E-state index contributed by atoms with van der Waals surface area (Å²) in [4.78, 5) is 9.27. The van der Waals surface area contributed by atoms with E-state index in [0.29, 0.717) is 33.1 Å². The molecule has 0 aliphatic carbocycles. The fraction of sp³-hybridized carbons (Fsp3) is 0. The van der Waals surface area contributed by atoms with Gasteiger partial charge in [-0.25, -0.2) is 4.98 Å². The summed E-state index contributed by atoms with van der Waals surface area (Å²) in [6.45, 7) is 4.01. The standard InChI is InChI=1S/C22H14Cl2N2O/c1-14(17-12-11-16(23)13-19(17)24)27-22-18-9-5-6-10-20(18)25-21(26-22)15-7-3-2-4-8-15/h2-13H,1H2. The van der Waals surface area contributed by atoms with Crippen LogP contribution in [0.2, 0.25) is 10.0 Å². The number of hydrogen-bond acceptors (Lipinski definition) is 3. The maximum absolute atomic E-state index is 6.28. The second-order valence-electron chi connectivity index (χ2n) is 5.88. The molecule has 0 atom stereocenters. The monoisotopic (exact) mass is 392 g/mol. The van der Waals surface area contributed by atoms with Crippen molar-refractivity contribution < 1.29 is 4.74 Å². The van der Waals surface area contributed by atoms with E-state index in [-0.39, 0.29) is 0 Å². The molecule has 5 heteroatoms. The van der Waals surface area contributed by atoms with Crippen LogP contribution in [-0.4, -0.2) is 9.97 Å². The molecule has 0 aliphatic rings. The van der Waals surface area contributed by atoms with Gasteiger partial charge in [-0.1, -0.05) is 72.2 Å². The molecule has 0 spiro atoms. The highest BCUT2D eigenvalue weighted by atomic mass is 35.5. The zero-order valence-corrected chi connectivity index (χ0v) is 15.7. The van der Waals surface area contributed by atoms with E-state index in [4.69, 9.17) is 27.9 Å². The van der Waals surface area contributed by atoms with Crippen LogP contribution in [0.15, 0.2) is 79.4 Å². The molecule has 0 radical (unpaired) electrons. The van der Waals surface area contributed by atoms with Gasteiger partial charge in [0.05, 0.1) is 15.9 Å². The molecule has 0 aliphatic heterocycles. The minimum atomic E-state index is 0.388. The lowest BCUT2D eigenvalue weighted by Crippen LogP contribution is -2.00. The van der Waals surface area contributed by atoms with Crippen LogP contribution in [0.1, 0.15) is 5.56 Å². The Kier molecular flexibility index (Phi) is 4.80. The van der Waals surface area contributed by atoms with Crippen molar-refractivity contribution in [3.63, 3.8) is 0 Å². The Morgan fingerprint density at radius 3 is 2.37 bits per heavy atom. The van der Waals surface area contributed by atoms with Gasteiger partial charge in [-0.2, -0.15) is 4.98 Å². The van der Waals surface area contributed by atoms with Crippen LogP contribution in [0.5, 0.6) is 5.88 Å². The Morgan fingerprint density at radius 1 is 0.852 bits per heavy atom. The number of rotatable bonds is 4. The van der Waals surface area contributed by atoms with Gasteiger partial charge in [0.15, 0.2) is 5.82 Å². The summed E-state index contributed by atoms with van der Waals surface area (Å²) in [5.41, 5.74) is 2.35. The normalized spacial score (nSPS) is 10.7. The van der Waals surface area contributed by atoms with Gasteiger partial charge in [0.2, 0.25) is 5.88 Å². The number of benzene rings is 3. The number of halogens is 2. The molecule has 4 aromatic rings. The summed E-state index contributed by atoms with van der Waals surface area (Å²) >= 11 is 12.3. The summed E-state index contributed by atoms with van der Waals surface area (Å²) in [5.74, 6) is 1.40. The van der Waals surface area contributed by atoms with Crippen molar-refractivity contribution in [1.82, 2.24) is 9.97 Å². The first-order valence-electron chi connectivity index (χ1n) is 8.26. The summed E-state index contributed by atoms with van der Waals surface area (Å²) in [6, 6.07) is 22.6. The molecule has 3 nitrogen and oxygen atoms in total. The Morgan fingerprint density at radius 2 is 1.59 bits per heavy atom. The van der Waals surface area contributed by atoms with Crippen molar-refractivity contribution in [2.24, 2.45) is 0 Å². The maximum Gasteiger partial charge on any atom is 0.230 e. The van der Waals surface area contributed by atoms with Crippen LogP contribution < -0.4 is 4.74 Å². The highest BCUT2D eigenvalue weighted by molar-refractivity contribution is 6.35. The zero-order chi connectivity index (χ0) is 18.8. The Labute approximate surface area is 166 Å². The average Bonchev–Trinajstić information content (AvgIpc) is 2.68. The molecular formula is C22H14Cl2N2O. The quantitative estimate of drug-likeness (QED) is 0.364. The zero-order valence-electron chi connectivity index (χ0n) is 14.2. The third kappa shape index (κ3) is 3.65. The summed E-state index contributed by atoms with van der Waals surface area (Å²) < 4.78 is 6.02. The molecule has 132 valence electrons. The number of ether oxygens (including phenoxy) is 1. The largest absolute Gasteiger partial charge is 0.438 e. The van der Waals surface area contributed by atoms with E-state index in [9.17, 15) is 0 Å². The average molecular weight is 393 g/mol. The fourth-order valence-corrected chi connectivity index (χ4v) is 3.24. The lowest BCUT2D eigenvalue weighted by molar-refractivity contribution is 0.501. The molecule has 1 heterocycles. The van der Waals surface area contributed by atoms with Crippen LogP contribution in [0.4, 0.5) is 0 Å². The van der Waals surface area contributed by atoms with E-state index in [1.54, 1.807) is 18.2 Å². The number of para-hydroxylation sites is 1. The molecule has 4 rings (SSSR count). The molecule has 0 saturated heterocycles. The minimum absolute atomic E-state index is 0.388. The molecule has 0 amide bonds. The fourth-order valence-electron chi connectivity index (χ4n) is 2.73. The Balaban J connectivity index is 1.79. The molecular weight excluding hydrogens is 379 g/mol. The van der Waals surface area contributed by atoms with Crippen molar-refractivity contribution >= 4 is 39.9 Å². The third-order valence-electron chi connectivity index (χ3n) is 4.05. The molecule has 0 bridgehead atoms. The molecule has 1 aromatic heterocycles. The van der Waals surface area contributed by atoms with Gasteiger partial charge in [0.1, 0.15) is 5.76 Å². The number of nitrogens with zero attached hydrogens (tertiary/aromatic N) is 2. The molecule has 27 heavy (non-hydrogen) atoms. The van der Waals surface area contributed by atoms with Crippen LogP contribution in [-0.2, 0) is 0 Å². The van der Waals surface area contributed by atoms with E-state index >= 15 is 0 Å². The summed E-state index contributed by atoms with van der Waals surface area (Å²) in [7, 11) is 0. The van der Waals surface area contributed by atoms with Gasteiger partial charge in [-0.3, -0.25) is 0 Å². The highest BCUT2D eigenvalue weighted by Crippen LogP contribution is 2.32. The third-order valence-corrected chi connectivity index (χ3v) is 4.60. The van der Waals surface area contributed by atoms with E-state index in [1.807, 2.05) is 54.6 Å². The van der Waals surface area contributed by atoms with Gasteiger partial charge in [-0.15, -0.1) is 0 Å². The van der Waals surface area contributed by atoms with Crippen LogP contribution in [0.3, 0.4) is 0 Å². The summed E-state index contributed by atoms with van der Waals surface area (Å²) in [5, 5.41) is 1.81. The first kappa shape index (κ1) is 17.5. The van der Waals surface area contributed by atoms with Gasteiger partial charge in [0.25, 0.3) is 0 Å². The maximum atomic E-state index is 6.28. The second-order valence-corrected chi connectivity index (χ2v) is 6.73. The first-order chi connectivity index (χ1) is 13.1. The van der Waals surface area contributed by atoms with Gasteiger partial charge in [0, 0.05) is 16.1 Å². The minimum Gasteiger partial charge on any atom is -0.438 e. The number of hydrogen-bond donors (Lipinski definition) is 0. The molecule has 3 aromatic carbocycles. The SMILES string of the molecule is C=C(Oc1nc(-c2ccccc2)nc2ccccc12)c1ccc(Cl)cc1Cl. The first-order valence-corrected chi connectivity index (χ1v) is 9.02. The van der Waals surface area contributed by atoms with Crippen molar-refractivity contribution in [2.45, 2.75) is 0 Å². The highest BCUT2D eigenvalue weighted by Gasteiger charge is 2.14. The molecule has 0 saturated carbocycles. The Hall–Kier alpha value is -2.88. The molecule has 0 N–H and O–H groups in total. The van der Waals surface area contributed by atoms with Crippen molar-refractivity contribution in [2.75, 3.05) is 0 Å². The van der Waals surface area contributed by atoms with Gasteiger partial charge in [-0.05, 0) is 30.3 Å². The lowest BCUT2D eigenvalue weighted by Gasteiger charge is -2.13. The smallest absolute Gasteiger partial charge is 0.230 e. The van der Waals surface area contributed by atoms with E-state index < -0.39 is 0 Å². The number of fused-ring (bicyclic) bond motifs is 1. The van der Waals surface area contributed by atoms with E-state index in [2.05, 4.69) is 16.5 Å². The van der Waals surface area contributed by atoms with Crippen LogP contribution in [0.25, 0.3) is 28.0 Å². The van der Waals surface area contributed by atoms with Crippen molar-refractivity contribution in [3.8, 4) is 17.3 Å². The number of aromatic nitrogens is 2. The van der Waals surface area contributed by atoms with Gasteiger partial charge < -0.3 is 4.74 Å². The van der Waals surface area contributed by atoms with Crippen LogP contribution in [0, 0.1) is 0 Å². The van der Waals surface area contributed by atoms with E-state index in [1.165, 1.54) is 0 Å².